The maximum absolute atomic E-state index is 13.2. The first-order valence-electron chi connectivity index (χ1n) is 11.1. The number of amides is 2. The predicted octanol–water partition coefficient (Wildman–Crippen LogP) is 3.47. The van der Waals surface area contributed by atoms with Crippen LogP contribution in [-0.4, -0.2) is 38.7 Å². The van der Waals surface area contributed by atoms with E-state index in [0.717, 1.165) is 47.9 Å². The highest BCUT2D eigenvalue weighted by atomic mass is 32.2. The van der Waals surface area contributed by atoms with Crippen molar-refractivity contribution in [2.75, 3.05) is 19.0 Å². The zero-order valence-corrected chi connectivity index (χ0v) is 19.9. The lowest BCUT2D eigenvalue weighted by molar-refractivity contribution is 0.224. The Bertz CT molecular complexity index is 1410. The Morgan fingerprint density at radius 2 is 2.12 bits per heavy atom. The summed E-state index contributed by atoms with van der Waals surface area (Å²) in [7, 11) is -2.01. The Kier molecular flexibility index (Phi) is 5.74. The molecule has 3 N–H and O–H groups in total. The van der Waals surface area contributed by atoms with Crippen molar-refractivity contribution < 1.29 is 18.5 Å². The first-order chi connectivity index (χ1) is 16.4. The number of urea groups is 1. The third-order valence-corrected chi connectivity index (χ3v) is 7.49. The van der Waals surface area contributed by atoms with Crippen LogP contribution in [0.5, 0.6) is 11.8 Å². The van der Waals surface area contributed by atoms with E-state index in [2.05, 4.69) is 25.8 Å². The lowest BCUT2D eigenvalue weighted by Crippen LogP contribution is -2.21. The molecular formula is C23H26N6O4S. The number of benzene rings is 1. The lowest BCUT2D eigenvalue weighted by Gasteiger charge is -2.17. The maximum atomic E-state index is 13.2. The summed E-state index contributed by atoms with van der Waals surface area (Å²) >= 11 is 0. The van der Waals surface area contributed by atoms with Gasteiger partial charge in [0.25, 0.3) is 0 Å². The average Bonchev–Trinajstić information content (AvgIpc) is 3.47. The largest absolute Gasteiger partial charge is 0.481 e. The first kappa shape index (κ1) is 22.4. The van der Waals surface area contributed by atoms with E-state index in [1.165, 1.54) is 11.8 Å². The normalized spacial score (nSPS) is 16.1. The molecule has 2 amide bonds. The molecule has 0 spiro atoms. The van der Waals surface area contributed by atoms with Crippen molar-refractivity contribution >= 4 is 21.6 Å². The molecule has 1 aliphatic carbocycles. The van der Waals surface area contributed by atoms with Gasteiger partial charge in [-0.1, -0.05) is 12.1 Å². The fourth-order valence-electron chi connectivity index (χ4n) is 4.49. The molecule has 34 heavy (non-hydrogen) atoms. The number of hydrogen-bond acceptors (Lipinski definition) is 6. The molecule has 1 atom stereocenters. The van der Waals surface area contributed by atoms with Gasteiger partial charge in [0.05, 0.1) is 25.6 Å². The van der Waals surface area contributed by atoms with Gasteiger partial charge in [0.15, 0.2) is 9.92 Å². The Hall–Kier alpha value is -3.44. The van der Waals surface area contributed by atoms with Crippen LogP contribution < -0.4 is 19.9 Å². The van der Waals surface area contributed by atoms with Crippen molar-refractivity contribution in [1.29, 1.82) is 0 Å². The molecule has 2 aromatic heterocycles. The molecular weight excluding hydrogens is 456 g/mol. The summed E-state index contributed by atoms with van der Waals surface area (Å²) in [5.74, 6) is 0.773. The van der Waals surface area contributed by atoms with E-state index >= 15 is 0 Å². The van der Waals surface area contributed by atoms with Gasteiger partial charge in [-0.05, 0) is 48.4 Å². The van der Waals surface area contributed by atoms with E-state index in [9.17, 15) is 9.00 Å². The number of methoxy groups -OCH3 is 1. The van der Waals surface area contributed by atoms with Crippen LogP contribution in [0.3, 0.4) is 0 Å². The Morgan fingerprint density at radius 1 is 1.26 bits per heavy atom. The molecule has 11 heteroatoms. The van der Waals surface area contributed by atoms with E-state index in [1.54, 1.807) is 18.0 Å². The molecule has 0 saturated heterocycles. The van der Waals surface area contributed by atoms with Crippen LogP contribution in [0.2, 0.25) is 0 Å². The van der Waals surface area contributed by atoms with Gasteiger partial charge >= 0.3 is 6.03 Å². The SMILES string of the molecule is COc1cc(-c2ccc3c(c2NC(=O)N=[S@](N)(=O)c2cnn4c2OCCC4)CCC3)c(C)cn1. The van der Waals surface area contributed by atoms with Crippen molar-refractivity contribution in [1.82, 2.24) is 14.8 Å². The number of carbonyl (C=O) groups excluding carboxylic acids is 1. The third kappa shape index (κ3) is 4.01. The number of rotatable bonds is 4. The Balaban J connectivity index is 1.55. The highest BCUT2D eigenvalue weighted by Crippen LogP contribution is 2.39. The van der Waals surface area contributed by atoms with Gasteiger partial charge in [0.2, 0.25) is 11.8 Å². The molecule has 0 unspecified atom stereocenters. The number of fused-ring (bicyclic) bond motifs is 2. The Labute approximate surface area is 197 Å². The van der Waals surface area contributed by atoms with Gasteiger partial charge in [-0.25, -0.2) is 23.8 Å². The molecule has 5 rings (SSSR count). The van der Waals surface area contributed by atoms with Crippen LogP contribution in [0.25, 0.3) is 11.1 Å². The minimum atomic E-state index is -3.56. The van der Waals surface area contributed by atoms with E-state index in [-0.39, 0.29) is 4.90 Å². The summed E-state index contributed by atoms with van der Waals surface area (Å²) in [4.78, 5) is 17.4. The predicted molar refractivity (Wildman–Crippen MR) is 127 cm³/mol. The summed E-state index contributed by atoms with van der Waals surface area (Å²) in [6, 6.07) is 5.10. The van der Waals surface area contributed by atoms with Gasteiger partial charge in [0.1, 0.15) is 4.90 Å². The van der Waals surface area contributed by atoms with Gasteiger partial charge in [-0.15, -0.1) is 4.36 Å². The van der Waals surface area contributed by atoms with Gasteiger partial charge < -0.3 is 14.8 Å². The van der Waals surface area contributed by atoms with Crippen LogP contribution in [0, 0.1) is 6.92 Å². The van der Waals surface area contributed by atoms with Crippen LogP contribution in [0.1, 0.15) is 29.5 Å². The summed E-state index contributed by atoms with van der Waals surface area (Å²) in [5.41, 5.74) is 5.49. The fraction of sp³-hybridized carbons (Fsp3) is 0.348. The molecule has 0 radical (unpaired) electrons. The summed E-state index contributed by atoms with van der Waals surface area (Å²) in [6.07, 6.45) is 6.62. The number of nitrogens with two attached hydrogens (primary N) is 1. The smallest absolute Gasteiger partial charge is 0.354 e. The standard InChI is InChI=1S/C23H26N6O4S/c1-14-12-25-20(32-2)11-18(14)17-8-7-15-5-3-6-16(15)21(17)27-23(30)28-34(24,31)19-13-26-29-9-4-10-33-22(19)29/h7-8,11-13H,3-6,9-10H2,1-2H3,(H3,24,27,28,30,31)/t34-/m0/s1. The van der Waals surface area contributed by atoms with Gasteiger partial charge in [-0.3, -0.25) is 0 Å². The summed E-state index contributed by atoms with van der Waals surface area (Å²) < 4.78 is 29.6. The minimum Gasteiger partial charge on any atom is -0.481 e. The monoisotopic (exact) mass is 482 g/mol. The average molecular weight is 483 g/mol. The molecule has 0 bridgehead atoms. The van der Waals surface area contributed by atoms with Crippen molar-refractivity contribution in [3.8, 4) is 22.9 Å². The Morgan fingerprint density at radius 3 is 2.94 bits per heavy atom. The molecule has 178 valence electrons. The number of pyridine rings is 1. The van der Waals surface area contributed by atoms with E-state index in [1.807, 2.05) is 19.1 Å². The summed E-state index contributed by atoms with van der Waals surface area (Å²) in [6.45, 7) is 3.04. The number of nitrogens with one attached hydrogen (secondary N) is 1. The molecule has 2 aliphatic rings. The number of hydrogen-bond donors (Lipinski definition) is 2. The van der Waals surface area contributed by atoms with Crippen molar-refractivity contribution in [3.05, 3.63) is 47.3 Å². The topological polar surface area (TPSA) is 134 Å². The molecule has 10 nitrogen and oxygen atoms in total. The van der Waals surface area contributed by atoms with Crippen molar-refractivity contribution in [3.63, 3.8) is 0 Å². The van der Waals surface area contributed by atoms with Crippen molar-refractivity contribution in [2.24, 2.45) is 9.50 Å². The van der Waals surface area contributed by atoms with Crippen LogP contribution in [-0.2, 0) is 29.3 Å². The second kappa shape index (κ2) is 8.73. The second-order valence-corrected chi connectivity index (χ2v) is 10.1. The quantitative estimate of drug-likeness (QED) is 0.585. The zero-order valence-electron chi connectivity index (χ0n) is 19.0. The van der Waals surface area contributed by atoms with Crippen LogP contribution in [0.4, 0.5) is 10.5 Å². The van der Waals surface area contributed by atoms with E-state index in [0.29, 0.717) is 30.6 Å². The number of nitrogens with zero attached hydrogens (tertiary/aromatic N) is 4. The zero-order chi connectivity index (χ0) is 23.9. The minimum absolute atomic E-state index is 0.121. The highest BCUT2D eigenvalue weighted by Gasteiger charge is 2.25. The van der Waals surface area contributed by atoms with Gasteiger partial charge in [0, 0.05) is 30.8 Å². The molecule has 0 fully saturated rings. The van der Waals surface area contributed by atoms with Gasteiger partial charge in [-0.2, -0.15) is 5.10 Å². The number of anilines is 1. The number of carbonyl (C=O) groups is 1. The number of aryl methyl sites for hydroxylation is 3. The summed E-state index contributed by atoms with van der Waals surface area (Å²) in [5, 5.41) is 13.1. The molecule has 3 aromatic rings. The first-order valence-corrected chi connectivity index (χ1v) is 12.7. The maximum Gasteiger partial charge on any atom is 0.354 e. The van der Waals surface area contributed by atoms with Crippen LogP contribution in [0.15, 0.2) is 39.9 Å². The lowest BCUT2D eigenvalue weighted by atomic mass is 9.95. The van der Waals surface area contributed by atoms with Crippen LogP contribution >= 0.6 is 0 Å². The molecule has 1 aromatic carbocycles. The van der Waals surface area contributed by atoms with E-state index in [4.69, 9.17) is 14.6 Å². The fourth-order valence-corrected chi connectivity index (χ4v) is 5.49. The molecule has 3 heterocycles. The number of aromatic nitrogens is 3. The number of ether oxygens (including phenoxy) is 2. The van der Waals surface area contributed by atoms with Crippen molar-refractivity contribution in [2.45, 2.75) is 44.0 Å². The highest BCUT2D eigenvalue weighted by molar-refractivity contribution is 7.91. The van der Waals surface area contributed by atoms with E-state index < -0.39 is 15.9 Å². The third-order valence-electron chi connectivity index (χ3n) is 6.14. The molecule has 0 saturated carbocycles. The molecule has 1 aliphatic heterocycles. The second-order valence-electron chi connectivity index (χ2n) is 8.35.